The molecule has 0 aromatic heterocycles. The van der Waals surface area contributed by atoms with Crippen molar-refractivity contribution in [2.75, 3.05) is 0 Å². The number of hydrogen-bond acceptors (Lipinski definition) is 1. The maximum Gasteiger partial charge on any atom is 0.306 e. The lowest BCUT2D eigenvalue weighted by Gasteiger charge is -2.07. The van der Waals surface area contributed by atoms with E-state index < -0.39 is 5.97 Å². The van der Waals surface area contributed by atoms with Gasteiger partial charge in [-0.05, 0) is 18.1 Å². The van der Waals surface area contributed by atoms with Gasteiger partial charge in [-0.3, -0.25) is 4.79 Å². The van der Waals surface area contributed by atoms with E-state index in [9.17, 15) is 4.79 Å². The molecule has 2 nitrogen and oxygen atoms in total. The second kappa shape index (κ2) is 4.28. The summed E-state index contributed by atoms with van der Waals surface area (Å²) in [5.41, 5.74) is 0.888. The molecule has 13 heavy (non-hydrogen) atoms. The van der Waals surface area contributed by atoms with E-state index in [2.05, 4.69) is 0 Å². The minimum atomic E-state index is -0.792. The molecule has 1 N–H and O–H groups in total. The van der Waals surface area contributed by atoms with Crippen LogP contribution < -0.4 is 0 Å². The van der Waals surface area contributed by atoms with E-state index in [-0.39, 0.29) is 5.92 Å². The van der Waals surface area contributed by atoms with Crippen molar-refractivity contribution >= 4 is 17.6 Å². The third kappa shape index (κ3) is 2.74. The van der Waals surface area contributed by atoms with Gasteiger partial charge in [0.1, 0.15) is 0 Å². The van der Waals surface area contributed by atoms with E-state index in [1.807, 2.05) is 18.2 Å². The maximum absolute atomic E-state index is 10.6. The number of carboxylic acids is 1. The standard InChI is InChI=1S/C10H11ClO2/c1-7(10(12)13)6-8-4-2-3-5-9(8)11/h2-5,7H,6H2,1H3,(H,12,13)/t7-/m1/s1. The van der Waals surface area contributed by atoms with E-state index >= 15 is 0 Å². The first-order chi connectivity index (χ1) is 6.11. The van der Waals surface area contributed by atoms with E-state index in [4.69, 9.17) is 16.7 Å². The van der Waals surface area contributed by atoms with Crippen molar-refractivity contribution in [2.24, 2.45) is 5.92 Å². The van der Waals surface area contributed by atoms with Crippen LogP contribution in [0.4, 0.5) is 0 Å². The Morgan fingerprint density at radius 1 is 1.54 bits per heavy atom. The highest BCUT2D eigenvalue weighted by atomic mass is 35.5. The molecule has 0 unspecified atom stereocenters. The number of benzene rings is 1. The highest BCUT2D eigenvalue weighted by Gasteiger charge is 2.12. The van der Waals surface area contributed by atoms with Gasteiger partial charge in [0.25, 0.3) is 0 Å². The molecule has 0 bridgehead atoms. The Balaban J connectivity index is 2.74. The first-order valence-electron chi connectivity index (χ1n) is 4.07. The minimum absolute atomic E-state index is 0.389. The van der Waals surface area contributed by atoms with Gasteiger partial charge in [-0.15, -0.1) is 0 Å². The van der Waals surface area contributed by atoms with Crippen LogP contribution in [0.3, 0.4) is 0 Å². The molecule has 0 fully saturated rings. The average Bonchev–Trinajstić information content (AvgIpc) is 2.08. The molecule has 3 heteroatoms. The Morgan fingerprint density at radius 3 is 2.69 bits per heavy atom. The summed E-state index contributed by atoms with van der Waals surface area (Å²) in [5, 5.41) is 9.33. The summed E-state index contributed by atoms with van der Waals surface area (Å²) in [7, 11) is 0. The lowest BCUT2D eigenvalue weighted by Crippen LogP contribution is -2.12. The molecule has 1 aromatic carbocycles. The van der Waals surface area contributed by atoms with E-state index in [1.54, 1.807) is 13.0 Å². The van der Waals surface area contributed by atoms with E-state index in [1.165, 1.54) is 0 Å². The van der Waals surface area contributed by atoms with Gasteiger partial charge in [-0.25, -0.2) is 0 Å². The van der Waals surface area contributed by atoms with Crippen LogP contribution in [0.2, 0.25) is 5.02 Å². The predicted octanol–water partition coefficient (Wildman–Crippen LogP) is 2.60. The first kappa shape index (κ1) is 10.1. The van der Waals surface area contributed by atoms with Crippen LogP contribution in [-0.4, -0.2) is 11.1 Å². The third-order valence-corrected chi connectivity index (χ3v) is 2.27. The molecule has 0 aliphatic heterocycles. The van der Waals surface area contributed by atoms with Crippen molar-refractivity contribution in [3.05, 3.63) is 34.9 Å². The largest absolute Gasteiger partial charge is 0.481 e. The monoisotopic (exact) mass is 198 g/mol. The van der Waals surface area contributed by atoms with Crippen molar-refractivity contribution in [3.8, 4) is 0 Å². The van der Waals surface area contributed by atoms with Gasteiger partial charge in [-0.1, -0.05) is 36.7 Å². The van der Waals surface area contributed by atoms with Gasteiger partial charge < -0.3 is 5.11 Å². The zero-order chi connectivity index (χ0) is 9.84. The Bertz CT molecular complexity index is 310. The summed E-state index contributed by atoms with van der Waals surface area (Å²) >= 11 is 5.88. The van der Waals surface area contributed by atoms with Gasteiger partial charge in [0.05, 0.1) is 5.92 Å². The predicted molar refractivity (Wildman–Crippen MR) is 52.0 cm³/mol. The quantitative estimate of drug-likeness (QED) is 0.811. The second-order valence-electron chi connectivity index (χ2n) is 3.03. The van der Waals surface area contributed by atoms with Gasteiger partial charge in [0.15, 0.2) is 0 Å². The number of hydrogen-bond donors (Lipinski definition) is 1. The van der Waals surface area contributed by atoms with Crippen LogP contribution in [0.1, 0.15) is 12.5 Å². The Hall–Kier alpha value is -1.02. The maximum atomic E-state index is 10.6. The van der Waals surface area contributed by atoms with Gasteiger partial charge in [-0.2, -0.15) is 0 Å². The molecule has 1 rings (SSSR count). The zero-order valence-corrected chi connectivity index (χ0v) is 8.08. The minimum Gasteiger partial charge on any atom is -0.481 e. The number of rotatable bonds is 3. The summed E-state index contributed by atoms with van der Waals surface area (Å²) < 4.78 is 0. The molecule has 0 aliphatic carbocycles. The Morgan fingerprint density at radius 2 is 2.15 bits per heavy atom. The van der Waals surface area contributed by atoms with Gasteiger partial charge in [0, 0.05) is 5.02 Å². The summed E-state index contributed by atoms with van der Waals surface area (Å²) in [6, 6.07) is 7.31. The molecule has 0 saturated heterocycles. The van der Waals surface area contributed by atoms with Crippen molar-refractivity contribution < 1.29 is 9.90 Å². The van der Waals surface area contributed by atoms with Crippen molar-refractivity contribution in [3.63, 3.8) is 0 Å². The Kier molecular flexibility index (Phi) is 3.32. The highest BCUT2D eigenvalue weighted by molar-refractivity contribution is 6.31. The first-order valence-corrected chi connectivity index (χ1v) is 4.45. The van der Waals surface area contributed by atoms with Crippen molar-refractivity contribution in [2.45, 2.75) is 13.3 Å². The molecule has 0 radical (unpaired) electrons. The SMILES string of the molecule is C[C@H](Cc1ccccc1Cl)C(=O)O. The zero-order valence-electron chi connectivity index (χ0n) is 7.33. The fraction of sp³-hybridized carbons (Fsp3) is 0.300. The topological polar surface area (TPSA) is 37.3 Å². The fourth-order valence-corrected chi connectivity index (χ4v) is 1.29. The number of carbonyl (C=O) groups is 1. The third-order valence-electron chi connectivity index (χ3n) is 1.91. The molecule has 70 valence electrons. The molecule has 0 heterocycles. The lowest BCUT2D eigenvalue weighted by molar-refractivity contribution is -0.141. The molecular weight excluding hydrogens is 188 g/mol. The number of carboxylic acid groups (broad SMARTS) is 1. The molecule has 0 saturated carbocycles. The van der Waals surface area contributed by atoms with E-state index in [0.29, 0.717) is 11.4 Å². The van der Waals surface area contributed by atoms with Crippen LogP contribution >= 0.6 is 11.6 Å². The summed E-state index contributed by atoms with van der Waals surface area (Å²) in [6.45, 7) is 1.67. The van der Waals surface area contributed by atoms with Crippen molar-refractivity contribution in [1.29, 1.82) is 0 Å². The highest BCUT2D eigenvalue weighted by Crippen LogP contribution is 2.18. The van der Waals surface area contributed by atoms with E-state index in [0.717, 1.165) is 5.56 Å². The molecule has 1 atom stereocenters. The molecular formula is C10H11ClO2. The molecule has 0 spiro atoms. The number of aliphatic carboxylic acids is 1. The van der Waals surface area contributed by atoms with Crippen LogP contribution in [0.5, 0.6) is 0 Å². The van der Waals surface area contributed by atoms with Crippen LogP contribution in [-0.2, 0) is 11.2 Å². The van der Waals surface area contributed by atoms with Crippen LogP contribution in [0.25, 0.3) is 0 Å². The fourth-order valence-electron chi connectivity index (χ4n) is 1.08. The normalized spacial score (nSPS) is 12.5. The molecule has 0 amide bonds. The summed E-state index contributed by atoms with van der Waals surface area (Å²) in [5.74, 6) is -1.18. The van der Waals surface area contributed by atoms with Crippen molar-refractivity contribution in [1.82, 2.24) is 0 Å². The van der Waals surface area contributed by atoms with Gasteiger partial charge in [0.2, 0.25) is 0 Å². The average molecular weight is 199 g/mol. The second-order valence-corrected chi connectivity index (χ2v) is 3.44. The molecule has 0 aliphatic rings. The lowest BCUT2D eigenvalue weighted by atomic mass is 10.0. The number of halogens is 1. The summed E-state index contributed by atoms with van der Waals surface area (Å²) in [4.78, 5) is 10.6. The van der Waals surface area contributed by atoms with Crippen LogP contribution in [0, 0.1) is 5.92 Å². The smallest absolute Gasteiger partial charge is 0.306 e. The van der Waals surface area contributed by atoms with Crippen LogP contribution in [0.15, 0.2) is 24.3 Å². The van der Waals surface area contributed by atoms with Gasteiger partial charge >= 0.3 is 5.97 Å². The molecule has 1 aromatic rings. The Labute approximate surface area is 82.2 Å². The summed E-state index contributed by atoms with van der Waals surface area (Å²) in [6.07, 6.45) is 0.481.